The number of carbonyl (C=O) groups is 1. The van der Waals surface area contributed by atoms with Crippen LogP contribution in [-0.4, -0.2) is 22.4 Å². The number of rotatable bonds is 4. The van der Waals surface area contributed by atoms with Crippen LogP contribution in [0.1, 0.15) is 27.0 Å². The Kier molecular flexibility index (Phi) is 4.38. The lowest BCUT2D eigenvalue weighted by Crippen LogP contribution is -2.00. The molecular formula is C21H16N4O3. The maximum atomic E-state index is 11.9. The van der Waals surface area contributed by atoms with E-state index >= 15 is 0 Å². The highest BCUT2D eigenvalue weighted by molar-refractivity contribution is 6.03. The summed E-state index contributed by atoms with van der Waals surface area (Å²) in [7, 11) is 0. The number of Topliss-reactive ketones (excluding diaryl/α,β-unsaturated/α-hetero) is 1. The Hall–Kier alpha value is -3.92. The van der Waals surface area contributed by atoms with Gasteiger partial charge in [-0.05, 0) is 49.7 Å². The zero-order chi connectivity index (χ0) is 19.7. The molecule has 0 saturated heterocycles. The molecule has 0 amide bonds. The molecule has 28 heavy (non-hydrogen) atoms. The lowest BCUT2D eigenvalue weighted by molar-refractivity contribution is 0.0961. The van der Waals surface area contributed by atoms with E-state index in [2.05, 4.69) is 21.4 Å². The van der Waals surface area contributed by atoms with Gasteiger partial charge < -0.3 is 14.8 Å². The molecule has 7 nitrogen and oxygen atoms in total. The largest absolute Gasteiger partial charge is 0.484 e. The number of carbonyl (C=O) groups excluding carboxylic acids is 1. The Morgan fingerprint density at radius 3 is 2.75 bits per heavy atom. The number of fused-ring (bicyclic) bond motifs is 1. The third-order valence-electron chi connectivity index (χ3n) is 4.40. The van der Waals surface area contributed by atoms with Gasteiger partial charge in [-0.15, -0.1) is 0 Å². The average Bonchev–Trinajstić information content (AvgIpc) is 3.07. The summed E-state index contributed by atoms with van der Waals surface area (Å²) in [5, 5.41) is 12.0. The van der Waals surface area contributed by atoms with E-state index in [1.54, 1.807) is 42.6 Å². The van der Waals surface area contributed by atoms with Crippen LogP contribution in [0.3, 0.4) is 0 Å². The minimum Gasteiger partial charge on any atom is -0.484 e. The van der Waals surface area contributed by atoms with Gasteiger partial charge >= 0.3 is 0 Å². The first-order valence-corrected chi connectivity index (χ1v) is 8.63. The second kappa shape index (κ2) is 7.00. The van der Waals surface area contributed by atoms with Crippen molar-refractivity contribution < 1.29 is 14.3 Å². The van der Waals surface area contributed by atoms with Gasteiger partial charge in [0.05, 0.1) is 17.2 Å². The predicted octanol–water partition coefficient (Wildman–Crippen LogP) is 4.08. The summed E-state index contributed by atoms with van der Waals surface area (Å²) < 4.78 is 11.5. The summed E-state index contributed by atoms with van der Waals surface area (Å²) in [6.45, 7) is 3.80. The van der Waals surface area contributed by atoms with Crippen LogP contribution in [0.5, 0.6) is 17.4 Å². The molecule has 0 unspecified atom stereocenters. The van der Waals surface area contributed by atoms with Crippen LogP contribution in [-0.2, 0) is 0 Å². The number of nitrogens with one attached hydrogen (secondary N) is 1. The van der Waals surface area contributed by atoms with Gasteiger partial charge in [-0.1, -0.05) is 0 Å². The zero-order valence-corrected chi connectivity index (χ0v) is 15.3. The van der Waals surface area contributed by atoms with Gasteiger partial charge in [0.25, 0.3) is 0 Å². The Morgan fingerprint density at radius 2 is 2.00 bits per heavy atom. The number of ketones is 1. The molecule has 0 saturated carbocycles. The molecule has 1 aliphatic heterocycles. The number of benzene rings is 2. The zero-order valence-electron chi connectivity index (χ0n) is 15.3. The highest BCUT2D eigenvalue weighted by Gasteiger charge is 2.26. The first-order chi connectivity index (χ1) is 13.5. The summed E-state index contributed by atoms with van der Waals surface area (Å²) in [6, 6.07) is 12.5. The number of anilines is 2. The number of hydrogen-bond donors (Lipinski definition) is 1. The van der Waals surface area contributed by atoms with E-state index in [4.69, 9.17) is 14.7 Å². The maximum Gasteiger partial charge on any atom is 0.230 e. The molecule has 4 rings (SSSR count). The van der Waals surface area contributed by atoms with E-state index in [1.165, 1.54) is 0 Å². The van der Waals surface area contributed by atoms with Crippen LogP contribution in [0.15, 0.2) is 42.6 Å². The number of nitrogens with zero attached hydrogens (tertiary/aromatic N) is 3. The van der Waals surface area contributed by atoms with Crippen LogP contribution in [0.2, 0.25) is 0 Å². The fraction of sp³-hybridized carbons (Fsp3) is 0.143. The molecular weight excluding hydrogens is 356 g/mol. The molecule has 0 radical (unpaired) electrons. The van der Waals surface area contributed by atoms with Crippen molar-refractivity contribution in [1.29, 1.82) is 5.26 Å². The monoisotopic (exact) mass is 372 g/mol. The molecule has 1 aromatic heterocycles. The van der Waals surface area contributed by atoms with Crippen molar-refractivity contribution in [2.75, 3.05) is 11.9 Å². The number of nitriles is 1. The minimum atomic E-state index is -0.0244. The van der Waals surface area contributed by atoms with Crippen LogP contribution in [0.25, 0.3) is 0 Å². The fourth-order valence-corrected chi connectivity index (χ4v) is 3.04. The quantitative estimate of drug-likeness (QED) is 0.737. The molecule has 3 aromatic rings. The average molecular weight is 372 g/mol. The van der Waals surface area contributed by atoms with Crippen molar-refractivity contribution in [1.82, 2.24) is 9.97 Å². The first-order valence-electron chi connectivity index (χ1n) is 8.63. The SMILES string of the molecule is Cc1cc2c(c(C)c1Oc1ccnc(Nc3ccc(C#N)cc3)n1)OCC2=O. The Labute approximate surface area is 161 Å². The van der Waals surface area contributed by atoms with E-state index in [1.807, 2.05) is 13.8 Å². The van der Waals surface area contributed by atoms with Crippen LogP contribution < -0.4 is 14.8 Å². The van der Waals surface area contributed by atoms with E-state index in [9.17, 15) is 4.79 Å². The summed E-state index contributed by atoms with van der Waals surface area (Å²) >= 11 is 0. The number of ether oxygens (including phenoxy) is 2. The van der Waals surface area contributed by atoms with Gasteiger partial charge in [0.1, 0.15) is 11.5 Å². The van der Waals surface area contributed by atoms with Crippen LogP contribution in [0, 0.1) is 25.2 Å². The van der Waals surface area contributed by atoms with Gasteiger partial charge in [0, 0.05) is 23.5 Å². The summed E-state index contributed by atoms with van der Waals surface area (Å²) in [5.41, 5.74) is 3.52. The molecule has 138 valence electrons. The van der Waals surface area contributed by atoms with Gasteiger partial charge in [0.15, 0.2) is 6.61 Å². The smallest absolute Gasteiger partial charge is 0.230 e. The third kappa shape index (κ3) is 3.23. The third-order valence-corrected chi connectivity index (χ3v) is 4.40. The maximum absolute atomic E-state index is 11.9. The molecule has 1 aliphatic rings. The van der Waals surface area contributed by atoms with Crippen molar-refractivity contribution in [2.45, 2.75) is 13.8 Å². The van der Waals surface area contributed by atoms with Crippen molar-refractivity contribution in [3.05, 3.63) is 64.8 Å². The normalized spacial score (nSPS) is 12.1. The van der Waals surface area contributed by atoms with Gasteiger partial charge in [-0.25, -0.2) is 4.98 Å². The van der Waals surface area contributed by atoms with Crippen molar-refractivity contribution in [3.63, 3.8) is 0 Å². The fourth-order valence-electron chi connectivity index (χ4n) is 3.04. The summed E-state index contributed by atoms with van der Waals surface area (Å²) in [4.78, 5) is 20.5. The summed E-state index contributed by atoms with van der Waals surface area (Å²) in [5.74, 6) is 1.88. The number of aromatic nitrogens is 2. The lowest BCUT2D eigenvalue weighted by atomic mass is 10.0. The standard InChI is InChI=1S/C21H16N4O3/c1-12-9-16-17(26)11-27-20(16)13(2)19(12)28-18-7-8-23-21(25-18)24-15-5-3-14(10-22)4-6-15/h3-9H,11H2,1-2H3,(H,23,24,25). The molecule has 0 spiro atoms. The molecule has 0 atom stereocenters. The molecule has 1 N–H and O–H groups in total. The molecule has 0 bridgehead atoms. The Balaban J connectivity index is 1.59. The van der Waals surface area contributed by atoms with E-state index in [0.29, 0.717) is 34.5 Å². The van der Waals surface area contributed by atoms with Crippen LogP contribution >= 0.6 is 0 Å². The molecule has 0 fully saturated rings. The highest BCUT2D eigenvalue weighted by atomic mass is 16.5. The molecule has 2 aromatic carbocycles. The van der Waals surface area contributed by atoms with E-state index in [0.717, 1.165) is 16.8 Å². The number of hydrogen-bond acceptors (Lipinski definition) is 7. The second-order valence-corrected chi connectivity index (χ2v) is 6.37. The molecule has 7 heteroatoms. The molecule has 0 aliphatic carbocycles. The van der Waals surface area contributed by atoms with E-state index in [-0.39, 0.29) is 12.4 Å². The van der Waals surface area contributed by atoms with Gasteiger partial charge in [0.2, 0.25) is 17.6 Å². The predicted molar refractivity (Wildman–Crippen MR) is 102 cm³/mol. The second-order valence-electron chi connectivity index (χ2n) is 6.37. The Morgan fingerprint density at radius 1 is 1.21 bits per heavy atom. The van der Waals surface area contributed by atoms with Gasteiger partial charge in [-0.3, -0.25) is 4.79 Å². The van der Waals surface area contributed by atoms with Crippen molar-refractivity contribution in [2.24, 2.45) is 0 Å². The topological polar surface area (TPSA) is 97.1 Å². The first kappa shape index (κ1) is 17.5. The van der Waals surface area contributed by atoms with Crippen molar-refractivity contribution in [3.8, 4) is 23.4 Å². The highest BCUT2D eigenvalue weighted by Crippen LogP contribution is 2.39. The minimum absolute atomic E-state index is 0.0244. The Bertz CT molecular complexity index is 1120. The van der Waals surface area contributed by atoms with Crippen molar-refractivity contribution >= 4 is 17.4 Å². The lowest BCUT2D eigenvalue weighted by Gasteiger charge is -2.14. The molecule has 2 heterocycles. The van der Waals surface area contributed by atoms with E-state index < -0.39 is 0 Å². The number of aryl methyl sites for hydroxylation is 1. The summed E-state index contributed by atoms with van der Waals surface area (Å²) in [6.07, 6.45) is 1.59. The van der Waals surface area contributed by atoms with Crippen LogP contribution in [0.4, 0.5) is 11.6 Å². The van der Waals surface area contributed by atoms with Gasteiger partial charge in [-0.2, -0.15) is 10.2 Å².